The lowest BCUT2D eigenvalue weighted by Crippen LogP contribution is -2.44. The second-order valence-corrected chi connectivity index (χ2v) is 5.97. The molecule has 2 rings (SSSR count). The van der Waals surface area contributed by atoms with Crippen LogP contribution < -0.4 is 5.73 Å². The van der Waals surface area contributed by atoms with Gasteiger partial charge in [0, 0.05) is 5.41 Å². The van der Waals surface area contributed by atoms with Crippen molar-refractivity contribution in [3.05, 3.63) is 35.6 Å². The summed E-state index contributed by atoms with van der Waals surface area (Å²) in [6.07, 6.45) is 4.07. The zero-order valence-electron chi connectivity index (χ0n) is 11.7. The van der Waals surface area contributed by atoms with Gasteiger partial charge in [-0.2, -0.15) is 0 Å². The summed E-state index contributed by atoms with van der Waals surface area (Å²) < 4.78 is 13.0. The fourth-order valence-corrected chi connectivity index (χ4v) is 3.47. The summed E-state index contributed by atoms with van der Waals surface area (Å²) in [7, 11) is 0. The van der Waals surface area contributed by atoms with Crippen molar-refractivity contribution in [1.29, 1.82) is 0 Å². The first-order valence-corrected chi connectivity index (χ1v) is 7.00. The quantitative estimate of drug-likeness (QED) is 0.889. The molecule has 2 unspecified atom stereocenters. The SMILES string of the molecule is C[C@@H](c1ccc(F)cc1)C1CCCCC1(C)C(N)=O. The number of primary amides is 1. The highest BCUT2D eigenvalue weighted by Crippen LogP contribution is 2.47. The molecule has 1 aromatic carbocycles. The summed E-state index contributed by atoms with van der Waals surface area (Å²) in [5.41, 5.74) is 6.28. The van der Waals surface area contributed by atoms with Gasteiger partial charge in [-0.1, -0.05) is 38.8 Å². The molecule has 0 aliphatic heterocycles. The molecule has 0 spiro atoms. The fourth-order valence-electron chi connectivity index (χ4n) is 3.47. The Balaban J connectivity index is 2.27. The molecular formula is C16H22FNO. The maximum Gasteiger partial charge on any atom is 0.223 e. The van der Waals surface area contributed by atoms with Crippen LogP contribution in [0, 0.1) is 17.2 Å². The van der Waals surface area contributed by atoms with Crippen molar-refractivity contribution in [2.45, 2.75) is 45.4 Å². The predicted molar refractivity (Wildman–Crippen MR) is 74.1 cm³/mol. The summed E-state index contributed by atoms with van der Waals surface area (Å²) in [5.74, 6) is 0.0334. The first kappa shape index (κ1) is 14.0. The van der Waals surface area contributed by atoms with Crippen molar-refractivity contribution in [2.75, 3.05) is 0 Å². The summed E-state index contributed by atoms with van der Waals surface area (Å²) in [5, 5.41) is 0. The van der Waals surface area contributed by atoms with Gasteiger partial charge in [-0.15, -0.1) is 0 Å². The Morgan fingerprint density at radius 3 is 2.58 bits per heavy atom. The molecule has 0 saturated heterocycles. The third-order valence-electron chi connectivity index (χ3n) is 4.84. The molecule has 0 bridgehead atoms. The summed E-state index contributed by atoms with van der Waals surface area (Å²) >= 11 is 0. The van der Waals surface area contributed by atoms with E-state index in [0.29, 0.717) is 0 Å². The lowest BCUT2D eigenvalue weighted by molar-refractivity contribution is -0.132. The number of amides is 1. The van der Waals surface area contributed by atoms with Crippen LogP contribution in [-0.4, -0.2) is 5.91 Å². The topological polar surface area (TPSA) is 43.1 Å². The van der Waals surface area contributed by atoms with Crippen molar-refractivity contribution >= 4 is 5.91 Å². The van der Waals surface area contributed by atoms with E-state index in [1.807, 2.05) is 19.1 Å². The van der Waals surface area contributed by atoms with Crippen LogP contribution in [0.4, 0.5) is 4.39 Å². The Kier molecular flexibility index (Phi) is 3.93. The van der Waals surface area contributed by atoms with Crippen LogP contribution in [0.5, 0.6) is 0 Å². The molecule has 1 saturated carbocycles. The first-order chi connectivity index (χ1) is 8.95. The Labute approximate surface area is 114 Å². The van der Waals surface area contributed by atoms with Gasteiger partial charge in [-0.3, -0.25) is 4.79 Å². The highest BCUT2D eigenvalue weighted by molar-refractivity contribution is 5.81. The lowest BCUT2D eigenvalue weighted by Gasteiger charge is -2.42. The molecule has 1 aromatic rings. The highest BCUT2D eigenvalue weighted by Gasteiger charge is 2.44. The Hall–Kier alpha value is -1.38. The van der Waals surface area contributed by atoms with Crippen molar-refractivity contribution in [1.82, 2.24) is 0 Å². The van der Waals surface area contributed by atoms with Crippen LogP contribution in [0.2, 0.25) is 0 Å². The molecule has 3 heteroatoms. The monoisotopic (exact) mass is 263 g/mol. The van der Waals surface area contributed by atoms with Gasteiger partial charge in [0.25, 0.3) is 0 Å². The second kappa shape index (κ2) is 5.32. The third-order valence-corrected chi connectivity index (χ3v) is 4.84. The summed E-state index contributed by atoms with van der Waals surface area (Å²) in [4.78, 5) is 11.8. The van der Waals surface area contributed by atoms with E-state index in [0.717, 1.165) is 31.2 Å². The van der Waals surface area contributed by atoms with Gasteiger partial charge < -0.3 is 5.73 Å². The Morgan fingerprint density at radius 1 is 1.37 bits per heavy atom. The van der Waals surface area contributed by atoms with Gasteiger partial charge in [0.05, 0.1) is 0 Å². The largest absolute Gasteiger partial charge is 0.369 e. The van der Waals surface area contributed by atoms with Crippen LogP contribution in [0.3, 0.4) is 0 Å². The molecule has 1 aliphatic carbocycles. The molecule has 3 atom stereocenters. The van der Waals surface area contributed by atoms with Gasteiger partial charge in [-0.25, -0.2) is 4.39 Å². The number of nitrogens with two attached hydrogens (primary N) is 1. The summed E-state index contributed by atoms with van der Waals surface area (Å²) in [6, 6.07) is 6.60. The molecule has 0 aromatic heterocycles. The zero-order valence-corrected chi connectivity index (χ0v) is 11.7. The molecule has 104 valence electrons. The van der Waals surface area contributed by atoms with Crippen LogP contribution in [0.15, 0.2) is 24.3 Å². The molecule has 2 nitrogen and oxygen atoms in total. The minimum absolute atomic E-state index is 0.203. The average molecular weight is 263 g/mol. The van der Waals surface area contributed by atoms with Crippen molar-refractivity contribution in [3.8, 4) is 0 Å². The predicted octanol–water partition coefficient (Wildman–Crippen LogP) is 3.61. The van der Waals surface area contributed by atoms with Crippen molar-refractivity contribution < 1.29 is 9.18 Å². The molecule has 2 N–H and O–H groups in total. The van der Waals surface area contributed by atoms with Crippen LogP contribution >= 0.6 is 0 Å². The average Bonchev–Trinajstić information content (AvgIpc) is 2.39. The zero-order chi connectivity index (χ0) is 14.0. The number of hydrogen-bond acceptors (Lipinski definition) is 1. The lowest BCUT2D eigenvalue weighted by atomic mass is 9.61. The standard InChI is InChI=1S/C16H22FNO/c1-11(12-6-8-13(17)9-7-12)14-5-3-4-10-16(14,2)15(18)19/h6-9,11,14H,3-5,10H2,1-2H3,(H2,18,19)/t11-,14?,16?/m0/s1. The van der Waals surface area contributed by atoms with E-state index in [-0.39, 0.29) is 23.6 Å². The Bertz CT molecular complexity index is 456. The number of benzene rings is 1. The van der Waals surface area contributed by atoms with Crippen LogP contribution in [0.1, 0.15) is 51.0 Å². The van der Waals surface area contributed by atoms with E-state index in [1.165, 1.54) is 12.1 Å². The smallest absolute Gasteiger partial charge is 0.223 e. The van der Waals surface area contributed by atoms with Crippen LogP contribution in [-0.2, 0) is 4.79 Å². The van der Waals surface area contributed by atoms with E-state index in [2.05, 4.69) is 6.92 Å². The maximum atomic E-state index is 13.0. The summed E-state index contributed by atoms with van der Waals surface area (Å²) in [6.45, 7) is 4.10. The molecule has 0 heterocycles. The normalized spacial score (nSPS) is 28.9. The van der Waals surface area contributed by atoms with Gasteiger partial charge >= 0.3 is 0 Å². The highest BCUT2D eigenvalue weighted by atomic mass is 19.1. The minimum atomic E-state index is -0.438. The number of halogens is 1. The molecule has 0 radical (unpaired) electrons. The molecule has 19 heavy (non-hydrogen) atoms. The number of carbonyl (C=O) groups is 1. The van der Waals surface area contributed by atoms with Gasteiger partial charge in [-0.05, 0) is 42.4 Å². The van der Waals surface area contributed by atoms with Crippen molar-refractivity contribution in [3.63, 3.8) is 0 Å². The number of carbonyl (C=O) groups excluding carboxylic acids is 1. The van der Waals surface area contributed by atoms with Crippen molar-refractivity contribution in [2.24, 2.45) is 17.1 Å². The van der Waals surface area contributed by atoms with Crippen LogP contribution in [0.25, 0.3) is 0 Å². The van der Waals surface area contributed by atoms with Gasteiger partial charge in [0.1, 0.15) is 5.82 Å². The Morgan fingerprint density at radius 2 is 2.00 bits per heavy atom. The van der Waals surface area contributed by atoms with E-state index in [4.69, 9.17) is 5.73 Å². The maximum absolute atomic E-state index is 13.0. The van der Waals surface area contributed by atoms with E-state index >= 15 is 0 Å². The molecule has 1 amide bonds. The third kappa shape index (κ3) is 2.65. The molecule has 1 fully saturated rings. The van der Waals surface area contributed by atoms with Gasteiger partial charge in [0.2, 0.25) is 5.91 Å². The second-order valence-electron chi connectivity index (χ2n) is 5.97. The van der Waals surface area contributed by atoms with E-state index in [9.17, 15) is 9.18 Å². The number of rotatable bonds is 3. The molecular weight excluding hydrogens is 241 g/mol. The van der Waals surface area contributed by atoms with E-state index in [1.54, 1.807) is 0 Å². The fraction of sp³-hybridized carbons (Fsp3) is 0.562. The number of hydrogen-bond donors (Lipinski definition) is 1. The first-order valence-electron chi connectivity index (χ1n) is 7.00. The minimum Gasteiger partial charge on any atom is -0.369 e. The van der Waals surface area contributed by atoms with Gasteiger partial charge in [0.15, 0.2) is 0 Å². The van der Waals surface area contributed by atoms with E-state index < -0.39 is 5.41 Å². The molecule has 1 aliphatic rings.